The SMILES string of the molecule is Cc1[nH]c2c(C)ccc(C)c2c1CC(=O)NCCC12CCCN1CCC2. The number of benzene rings is 1. The second kappa shape index (κ2) is 6.73. The molecule has 1 aromatic carbocycles. The number of amides is 1. The van der Waals surface area contributed by atoms with E-state index in [1.807, 2.05) is 0 Å². The Balaban J connectivity index is 1.42. The van der Waals surface area contributed by atoms with E-state index in [9.17, 15) is 4.79 Å². The van der Waals surface area contributed by atoms with Crippen molar-refractivity contribution in [2.75, 3.05) is 19.6 Å². The molecule has 0 atom stereocenters. The number of nitrogens with zero attached hydrogens (tertiary/aromatic N) is 1. The number of nitrogens with one attached hydrogen (secondary N) is 2. The number of carbonyl (C=O) groups excluding carboxylic acids is 1. The summed E-state index contributed by atoms with van der Waals surface area (Å²) in [4.78, 5) is 18.8. The maximum atomic E-state index is 12.6. The molecule has 0 bridgehead atoms. The molecule has 2 aromatic rings. The van der Waals surface area contributed by atoms with Gasteiger partial charge in [-0.2, -0.15) is 0 Å². The lowest BCUT2D eigenvalue weighted by atomic mass is 9.90. The zero-order valence-corrected chi connectivity index (χ0v) is 16.4. The van der Waals surface area contributed by atoms with Gasteiger partial charge in [0.25, 0.3) is 0 Å². The van der Waals surface area contributed by atoms with Crippen molar-refractivity contribution in [2.24, 2.45) is 0 Å². The first-order chi connectivity index (χ1) is 12.5. The van der Waals surface area contributed by atoms with Crippen LogP contribution in [0.1, 0.15) is 54.5 Å². The smallest absolute Gasteiger partial charge is 0.224 e. The van der Waals surface area contributed by atoms with Gasteiger partial charge in [-0.3, -0.25) is 9.69 Å². The normalized spacial score (nSPS) is 19.2. The molecule has 140 valence electrons. The molecule has 2 N–H and O–H groups in total. The molecule has 26 heavy (non-hydrogen) atoms. The molecule has 0 aliphatic carbocycles. The van der Waals surface area contributed by atoms with Crippen molar-refractivity contribution >= 4 is 16.8 Å². The number of aryl methyl sites for hydroxylation is 3. The Labute approximate surface area is 156 Å². The van der Waals surface area contributed by atoms with Crippen LogP contribution in [0.25, 0.3) is 10.9 Å². The third kappa shape index (κ3) is 2.94. The van der Waals surface area contributed by atoms with E-state index in [0.29, 0.717) is 12.0 Å². The van der Waals surface area contributed by atoms with Crippen LogP contribution < -0.4 is 5.32 Å². The number of aromatic nitrogens is 1. The second-order valence-electron chi connectivity index (χ2n) is 8.37. The molecule has 2 saturated heterocycles. The highest BCUT2D eigenvalue weighted by Gasteiger charge is 2.43. The Morgan fingerprint density at radius 1 is 1.15 bits per heavy atom. The van der Waals surface area contributed by atoms with Gasteiger partial charge < -0.3 is 10.3 Å². The van der Waals surface area contributed by atoms with Gasteiger partial charge in [-0.15, -0.1) is 0 Å². The predicted molar refractivity (Wildman–Crippen MR) is 107 cm³/mol. The summed E-state index contributed by atoms with van der Waals surface area (Å²) in [5.74, 6) is 0.147. The van der Waals surface area contributed by atoms with E-state index in [2.05, 4.69) is 48.1 Å². The largest absolute Gasteiger partial charge is 0.358 e. The zero-order valence-electron chi connectivity index (χ0n) is 16.4. The Kier molecular flexibility index (Phi) is 4.55. The topological polar surface area (TPSA) is 48.1 Å². The molecule has 2 fully saturated rings. The molecule has 4 heteroatoms. The average molecular weight is 354 g/mol. The number of hydrogen-bond donors (Lipinski definition) is 2. The first-order valence-electron chi connectivity index (χ1n) is 10.1. The van der Waals surface area contributed by atoms with Gasteiger partial charge >= 0.3 is 0 Å². The van der Waals surface area contributed by atoms with Gasteiger partial charge in [-0.1, -0.05) is 12.1 Å². The highest BCUT2D eigenvalue weighted by atomic mass is 16.1. The lowest BCUT2D eigenvalue weighted by Crippen LogP contribution is -2.41. The van der Waals surface area contributed by atoms with Gasteiger partial charge in [0, 0.05) is 28.7 Å². The summed E-state index contributed by atoms with van der Waals surface area (Å²) in [6, 6.07) is 4.30. The fourth-order valence-corrected chi connectivity index (χ4v) is 5.32. The van der Waals surface area contributed by atoms with Crippen molar-refractivity contribution in [1.29, 1.82) is 0 Å². The minimum absolute atomic E-state index is 0.147. The fourth-order valence-electron chi connectivity index (χ4n) is 5.32. The number of fused-ring (bicyclic) bond motifs is 2. The quantitative estimate of drug-likeness (QED) is 0.859. The van der Waals surface area contributed by atoms with Crippen molar-refractivity contribution in [1.82, 2.24) is 15.2 Å². The minimum Gasteiger partial charge on any atom is -0.358 e. The van der Waals surface area contributed by atoms with Crippen molar-refractivity contribution in [3.63, 3.8) is 0 Å². The van der Waals surface area contributed by atoms with E-state index in [4.69, 9.17) is 0 Å². The highest BCUT2D eigenvalue weighted by molar-refractivity contribution is 5.93. The van der Waals surface area contributed by atoms with Crippen LogP contribution in [0.3, 0.4) is 0 Å². The molecule has 0 spiro atoms. The molecule has 1 aromatic heterocycles. The molecule has 0 unspecified atom stereocenters. The van der Waals surface area contributed by atoms with Crippen LogP contribution in [0.4, 0.5) is 0 Å². The lowest BCUT2D eigenvalue weighted by Gasteiger charge is -2.32. The molecule has 2 aliphatic heterocycles. The van der Waals surface area contributed by atoms with Crippen molar-refractivity contribution in [2.45, 2.75) is 64.8 Å². The van der Waals surface area contributed by atoms with Crippen LogP contribution in [0.5, 0.6) is 0 Å². The van der Waals surface area contributed by atoms with Crippen molar-refractivity contribution in [3.8, 4) is 0 Å². The van der Waals surface area contributed by atoms with Crippen molar-refractivity contribution < 1.29 is 4.79 Å². The standard InChI is InChI=1S/C22H31N3O/c1-15-6-7-16(2)21-20(15)18(17(3)24-21)14-19(26)23-11-10-22-8-4-12-25(22)13-5-9-22/h6-7,24H,4-5,8-14H2,1-3H3,(H,23,26). The summed E-state index contributed by atoms with van der Waals surface area (Å²) in [7, 11) is 0. The number of rotatable bonds is 5. The molecular formula is C22H31N3O. The predicted octanol–water partition coefficient (Wildman–Crippen LogP) is 3.77. The monoisotopic (exact) mass is 353 g/mol. The third-order valence-corrected chi connectivity index (χ3v) is 6.75. The zero-order chi connectivity index (χ0) is 18.3. The van der Waals surface area contributed by atoms with Gasteiger partial charge in [0.05, 0.1) is 6.42 Å². The van der Waals surface area contributed by atoms with Gasteiger partial charge in [-0.05, 0) is 82.7 Å². The Morgan fingerprint density at radius 3 is 2.58 bits per heavy atom. The minimum atomic E-state index is 0.147. The summed E-state index contributed by atoms with van der Waals surface area (Å²) in [6.45, 7) is 9.63. The summed E-state index contributed by atoms with van der Waals surface area (Å²) < 4.78 is 0. The van der Waals surface area contributed by atoms with E-state index < -0.39 is 0 Å². The second-order valence-corrected chi connectivity index (χ2v) is 8.37. The van der Waals surface area contributed by atoms with Gasteiger partial charge in [0.1, 0.15) is 0 Å². The van der Waals surface area contributed by atoms with Gasteiger partial charge in [-0.25, -0.2) is 0 Å². The van der Waals surface area contributed by atoms with Gasteiger partial charge in [0.2, 0.25) is 5.91 Å². The first-order valence-corrected chi connectivity index (χ1v) is 10.1. The molecule has 0 radical (unpaired) electrons. The van der Waals surface area contributed by atoms with E-state index in [-0.39, 0.29) is 5.91 Å². The van der Waals surface area contributed by atoms with Crippen LogP contribution in [0.15, 0.2) is 12.1 Å². The Morgan fingerprint density at radius 2 is 1.85 bits per heavy atom. The molecule has 4 rings (SSSR count). The highest BCUT2D eigenvalue weighted by Crippen LogP contribution is 2.41. The Bertz CT molecular complexity index is 826. The summed E-state index contributed by atoms with van der Waals surface area (Å²) in [5, 5.41) is 4.43. The molecular weight excluding hydrogens is 322 g/mol. The molecule has 0 saturated carbocycles. The maximum Gasteiger partial charge on any atom is 0.224 e. The summed E-state index contributed by atoms with van der Waals surface area (Å²) in [6.07, 6.45) is 6.82. The maximum absolute atomic E-state index is 12.6. The van der Waals surface area contributed by atoms with E-state index in [1.54, 1.807) is 0 Å². The molecule has 2 aliphatic rings. The van der Waals surface area contributed by atoms with E-state index in [0.717, 1.165) is 24.2 Å². The van der Waals surface area contributed by atoms with Gasteiger partial charge in [0.15, 0.2) is 0 Å². The summed E-state index contributed by atoms with van der Waals surface area (Å²) in [5.41, 5.74) is 6.31. The van der Waals surface area contributed by atoms with Crippen molar-refractivity contribution in [3.05, 3.63) is 34.5 Å². The molecule has 4 nitrogen and oxygen atoms in total. The average Bonchev–Trinajstić information content (AvgIpc) is 3.25. The number of carbonyl (C=O) groups is 1. The van der Waals surface area contributed by atoms with Crippen LogP contribution in [0.2, 0.25) is 0 Å². The number of H-pyrrole nitrogens is 1. The molecule has 3 heterocycles. The number of hydrogen-bond acceptors (Lipinski definition) is 2. The van der Waals surface area contributed by atoms with Crippen LogP contribution in [0, 0.1) is 20.8 Å². The third-order valence-electron chi connectivity index (χ3n) is 6.75. The first kappa shape index (κ1) is 17.6. The molecule has 1 amide bonds. The van der Waals surface area contributed by atoms with E-state index in [1.165, 1.54) is 60.8 Å². The lowest BCUT2D eigenvalue weighted by molar-refractivity contribution is -0.120. The van der Waals surface area contributed by atoms with Crippen LogP contribution in [-0.4, -0.2) is 41.0 Å². The fraction of sp³-hybridized carbons (Fsp3) is 0.591. The van der Waals surface area contributed by atoms with Crippen LogP contribution in [-0.2, 0) is 11.2 Å². The Hall–Kier alpha value is -1.81. The van der Waals surface area contributed by atoms with E-state index >= 15 is 0 Å². The summed E-state index contributed by atoms with van der Waals surface area (Å²) >= 11 is 0. The number of aromatic amines is 1. The van der Waals surface area contributed by atoms with Crippen LogP contribution >= 0.6 is 0 Å².